The molecule has 0 spiro atoms. The van der Waals surface area contributed by atoms with Gasteiger partial charge in [0.05, 0.1) is 0 Å². The van der Waals surface area contributed by atoms with Crippen LogP contribution in [0, 0.1) is 0 Å². The van der Waals surface area contributed by atoms with Crippen molar-refractivity contribution in [1.82, 2.24) is 5.16 Å². The van der Waals surface area contributed by atoms with Crippen molar-refractivity contribution in [3.05, 3.63) is 47.3 Å². The maximum atomic E-state index is 5.16. The van der Waals surface area contributed by atoms with Crippen molar-refractivity contribution in [2.24, 2.45) is 0 Å². The van der Waals surface area contributed by atoms with Gasteiger partial charge < -0.3 is 9.42 Å². The maximum absolute atomic E-state index is 5.16. The Balaban J connectivity index is 1.90. The molecule has 1 heterocycles. The smallest absolute Gasteiger partial charge is 0.147 e. The molecule has 0 fully saturated rings. The molecule has 1 aliphatic rings. The lowest BCUT2D eigenvalue weighted by Crippen LogP contribution is -2.17. The SMILES string of the molecule is CN(C)c1conc1C1CCc2ccccc2C1. The predicted molar refractivity (Wildman–Crippen MR) is 72.0 cm³/mol. The Bertz CT molecular complexity index is 545. The third kappa shape index (κ3) is 1.90. The lowest BCUT2D eigenvalue weighted by atomic mass is 9.82. The quantitative estimate of drug-likeness (QED) is 0.810. The van der Waals surface area contributed by atoms with E-state index in [0.717, 1.165) is 30.6 Å². The summed E-state index contributed by atoms with van der Waals surface area (Å²) in [5, 5.41) is 4.22. The lowest BCUT2D eigenvalue weighted by molar-refractivity contribution is 0.399. The van der Waals surface area contributed by atoms with E-state index in [2.05, 4.69) is 34.3 Å². The van der Waals surface area contributed by atoms with Gasteiger partial charge in [-0.3, -0.25) is 0 Å². The number of rotatable bonds is 2. The zero-order chi connectivity index (χ0) is 12.5. The van der Waals surface area contributed by atoms with Gasteiger partial charge in [-0.05, 0) is 30.4 Å². The third-order valence-corrected chi connectivity index (χ3v) is 3.79. The summed E-state index contributed by atoms with van der Waals surface area (Å²) in [6.07, 6.45) is 5.12. The first-order valence-electron chi connectivity index (χ1n) is 6.44. The van der Waals surface area contributed by atoms with Crippen molar-refractivity contribution in [2.75, 3.05) is 19.0 Å². The molecule has 0 N–H and O–H groups in total. The Kier molecular flexibility index (Phi) is 2.82. The second-order valence-corrected chi connectivity index (χ2v) is 5.19. The van der Waals surface area contributed by atoms with Crippen LogP contribution in [0.5, 0.6) is 0 Å². The zero-order valence-corrected chi connectivity index (χ0v) is 10.9. The van der Waals surface area contributed by atoms with E-state index in [9.17, 15) is 0 Å². The summed E-state index contributed by atoms with van der Waals surface area (Å²) in [5.74, 6) is 0.482. The number of hydrogen-bond donors (Lipinski definition) is 0. The molecule has 1 aliphatic carbocycles. The van der Waals surface area contributed by atoms with Crippen molar-refractivity contribution in [3.8, 4) is 0 Å². The largest absolute Gasteiger partial charge is 0.373 e. The molecule has 0 saturated carbocycles. The summed E-state index contributed by atoms with van der Waals surface area (Å²) in [5.41, 5.74) is 5.17. The third-order valence-electron chi connectivity index (χ3n) is 3.79. The summed E-state index contributed by atoms with van der Waals surface area (Å²) in [7, 11) is 4.07. The Labute approximate surface area is 107 Å². The molecule has 0 saturated heterocycles. The van der Waals surface area contributed by atoms with Gasteiger partial charge >= 0.3 is 0 Å². The van der Waals surface area contributed by atoms with Crippen molar-refractivity contribution in [2.45, 2.75) is 25.2 Å². The molecule has 0 amide bonds. The molecule has 3 heteroatoms. The van der Waals surface area contributed by atoms with Crippen LogP contribution >= 0.6 is 0 Å². The summed E-state index contributed by atoms with van der Waals surface area (Å²) in [6, 6.07) is 8.72. The Hall–Kier alpha value is -1.77. The van der Waals surface area contributed by atoms with Gasteiger partial charge in [-0.1, -0.05) is 29.4 Å². The molecule has 1 aromatic carbocycles. The van der Waals surface area contributed by atoms with Crippen molar-refractivity contribution >= 4 is 5.69 Å². The fourth-order valence-electron chi connectivity index (χ4n) is 2.79. The fraction of sp³-hybridized carbons (Fsp3) is 0.400. The van der Waals surface area contributed by atoms with Crippen LogP contribution in [0.25, 0.3) is 0 Å². The highest BCUT2D eigenvalue weighted by Gasteiger charge is 2.25. The Morgan fingerprint density at radius 3 is 2.78 bits per heavy atom. The highest BCUT2D eigenvalue weighted by molar-refractivity contribution is 5.49. The first-order valence-corrected chi connectivity index (χ1v) is 6.44. The first-order chi connectivity index (χ1) is 8.75. The highest BCUT2D eigenvalue weighted by atomic mass is 16.5. The molecule has 18 heavy (non-hydrogen) atoms. The summed E-state index contributed by atoms with van der Waals surface area (Å²) >= 11 is 0. The highest BCUT2D eigenvalue weighted by Crippen LogP contribution is 2.35. The molecule has 94 valence electrons. The van der Waals surface area contributed by atoms with E-state index in [1.807, 2.05) is 14.1 Å². The average Bonchev–Trinajstić information content (AvgIpc) is 2.87. The van der Waals surface area contributed by atoms with E-state index in [1.165, 1.54) is 11.1 Å². The maximum Gasteiger partial charge on any atom is 0.147 e. The van der Waals surface area contributed by atoms with Crippen molar-refractivity contribution in [1.29, 1.82) is 0 Å². The Morgan fingerprint density at radius 2 is 2.00 bits per heavy atom. The number of aryl methyl sites for hydroxylation is 1. The van der Waals surface area contributed by atoms with E-state index in [-0.39, 0.29) is 0 Å². The molecular weight excluding hydrogens is 224 g/mol. The molecule has 3 nitrogen and oxygen atoms in total. The Morgan fingerprint density at radius 1 is 1.22 bits per heavy atom. The molecule has 1 unspecified atom stereocenters. The molecule has 2 aromatic rings. The van der Waals surface area contributed by atoms with Crippen molar-refractivity contribution in [3.63, 3.8) is 0 Å². The molecule has 1 atom stereocenters. The van der Waals surface area contributed by atoms with Crippen LogP contribution in [-0.4, -0.2) is 19.3 Å². The number of aromatic nitrogens is 1. The number of anilines is 1. The van der Waals surface area contributed by atoms with Crippen LogP contribution < -0.4 is 4.90 Å². The van der Waals surface area contributed by atoms with E-state index in [1.54, 1.807) is 6.26 Å². The molecule has 1 aromatic heterocycles. The minimum absolute atomic E-state index is 0.482. The van der Waals surface area contributed by atoms with Gasteiger partial charge in [0.25, 0.3) is 0 Å². The molecule has 0 bridgehead atoms. The minimum Gasteiger partial charge on any atom is -0.373 e. The second kappa shape index (κ2) is 4.48. The van der Waals surface area contributed by atoms with Crippen molar-refractivity contribution < 1.29 is 4.52 Å². The number of nitrogens with zero attached hydrogens (tertiary/aromatic N) is 2. The topological polar surface area (TPSA) is 29.3 Å². The van der Waals surface area contributed by atoms with Gasteiger partial charge in [0.2, 0.25) is 0 Å². The first kappa shape index (κ1) is 11.3. The summed E-state index contributed by atoms with van der Waals surface area (Å²) in [4.78, 5) is 2.08. The number of hydrogen-bond acceptors (Lipinski definition) is 3. The standard InChI is InChI=1S/C15H18N2O/c1-17(2)14-10-18-16-15(14)13-8-7-11-5-3-4-6-12(11)9-13/h3-6,10,13H,7-9H2,1-2H3. The van der Waals surface area contributed by atoms with Gasteiger partial charge in [-0.2, -0.15) is 0 Å². The number of benzene rings is 1. The second-order valence-electron chi connectivity index (χ2n) is 5.19. The zero-order valence-electron chi connectivity index (χ0n) is 10.9. The van der Waals surface area contributed by atoms with Gasteiger partial charge in [0.1, 0.15) is 17.6 Å². The van der Waals surface area contributed by atoms with Gasteiger partial charge in [-0.15, -0.1) is 0 Å². The average molecular weight is 242 g/mol. The molecular formula is C15H18N2O. The van der Waals surface area contributed by atoms with Crippen LogP contribution in [0.1, 0.15) is 29.2 Å². The fourth-order valence-corrected chi connectivity index (χ4v) is 2.79. The lowest BCUT2D eigenvalue weighted by Gasteiger charge is -2.24. The number of fused-ring (bicyclic) bond motifs is 1. The van der Waals surface area contributed by atoms with Crippen LogP contribution in [0.2, 0.25) is 0 Å². The van der Waals surface area contributed by atoms with E-state index in [4.69, 9.17) is 4.52 Å². The molecule has 0 aliphatic heterocycles. The molecule has 0 radical (unpaired) electrons. The van der Waals surface area contributed by atoms with E-state index in [0.29, 0.717) is 5.92 Å². The molecule has 3 rings (SSSR count). The van der Waals surface area contributed by atoms with Gasteiger partial charge in [0.15, 0.2) is 0 Å². The monoisotopic (exact) mass is 242 g/mol. The van der Waals surface area contributed by atoms with Crippen LogP contribution in [0.4, 0.5) is 5.69 Å². The predicted octanol–water partition coefficient (Wildman–Crippen LogP) is 3.01. The van der Waals surface area contributed by atoms with Crippen LogP contribution in [0.15, 0.2) is 35.1 Å². The van der Waals surface area contributed by atoms with Crippen LogP contribution in [0.3, 0.4) is 0 Å². The minimum atomic E-state index is 0.482. The van der Waals surface area contributed by atoms with E-state index < -0.39 is 0 Å². The summed E-state index contributed by atoms with van der Waals surface area (Å²) in [6.45, 7) is 0. The van der Waals surface area contributed by atoms with Gasteiger partial charge in [-0.25, -0.2) is 0 Å². The van der Waals surface area contributed by atoms with Gasteiger partial charge in [0, 0.05) is 20.0 Å². The van der Waals surface area contributed by atoms with Crippen LogP contribution in [-0.2, 0) is 12.8 Å². The summed E-state index contributed by atoms with van der Waals surface area (Å²) < 4.78 is 5.16. The normalized spacial score (nSPS) is 18.4. The van der Waals surface area contributed by atoms with E-state index >= 15 is 0 Å².